The van der Waals surface area contributed by atoms with Crippen LogP contribution in [0.5, 0.6) is 0 Å². The fourth-order valence-electron chi connectivity index (χ4n) is 3.13. The summed E-state index contributed by atoms with van der Waals surface area (Å²) in [6, 6.07) is 6.80. The second-order valence-electron chi connectivity index (χ2n) is 6.96. The first-order valence-electron chi connectivity index (χ1n) is 10.0. The Morgan fingerprint density at radius 1 is 1.13 bits per heavy atom. The number of amides is 1. The molecule has 3 rings (SSSR count). The van der Waals surface area contributed by atoms with Gasteiger partial charge in [-0.2, -0.15) is 0 Å². The van der Waals surface area contributed by atoms with Crippen LogP contribution in [0.25, 0.3) is 10.6 Å². The zero-order chi connectivity index (χ0) is 21.2. The van der Waals surface area contributed by atoms with Gasteiger partial charge in [0.15, 0.2) is 0 Å². The maximum absolute atomic E-state index is 12.0. The van der Waals surface area contributed by atoms with Crippen molar-refractivity contribution in [3.63, 3.8) is 0 Å². The van der Waals surface area contributed by atoms with Gasteiger partial charge in [0.2, 0.25) is 5.91 Å². The molecule has 0 atom stereocenters. The summed E-state index contributed by atoms with van der Waals surface area (Å²) in [4.78, 5) is 28.3. The number of carboxylic acids is 1. The predicted molar refractivity (Wildman–Crippen MR) is 114 cm³/mol. The number of aromatic nitrogens is 4. The topological polar surface area (TPSA) is 110 Å². The molecule has 0 aliphatic carbocycles. The number of rotatable bonds is 12. The van der Waals surface area contributed by atoms with Gasteiger partial charge in [-0.1, -0.05) is 36.3 Å². The number of carbonyl (C=O) groups excluding carboxylic acids is 1. The highest BCUT2D eigenvalue weighted by Crippen LogP contribution is 2.20. The third-order valence-corrected chi connectivity index (χ3v) is 5.52. The van der Waals surface area contributed by atoms with Crippen molar-refractivity contribution in [3.8, 4) is 10.6 Å². The molecule has 1 aromatic carbocycles. The van der Waals surface area contributed by atoms with Gasteiger partial charge in [-0.15, -0.1) is 16.4 Å². The summed E-state index contributed by atoms with van der Waals surface area (Å²) in [5.41, 5.74) is 3.58. The van der Waals surface area contributed by atoms with Crippen molar-refractivity contribution >= 4 is 23.2 Å². The van der Waals surface area contributed by atoms with Crippen LogP contribution in [0.15, 0.2) is 42.2 Å². The predicted octanol–water partition coefficient (Wildman–Crippen LogP) is 3.41. The van der Waals surface area contributed by atoms with Gasteiger partial charge in [0, 0.05) is 25.7 Å². The van der Waals surface area contributed by atoms with Gasteiger partial charge in [0.25, 0.3) is 0 Å². The van der Waals surface area contributed by atoms with Crippen LogP contribution in [0.4, 0.5) is 0 Å². The van der Waals surface area contributed by atoms with E-state index in [2.05, 4.69) is 20.6 Å². The molecule has 0 aliphatic rings. The fourth-order valence-corrected chi connectivity index (χ4v) is 3.70. The maximum atomic E-state index is 12.0. The lowest BCUT2D eigenvalue weighted by Crippen LogP contribution is -2.24. The third kappa shape index (κ3) is 6.48. The fraction of sp³-hybridized carbons (Fsp3) is 0.381. The second-order valence-corrected chi connectivity index (χ2v) is 7.85. The number of carbonyl (C=O) groups is 2. The van der Waals surface area contributed by atoms with Crippen LogP contribution in [0, 0.1) is 0 Å². The van der Waals surface area contributed by atoms with Crippen LogP contribution in [0.1, 0.15) is 48.0 Å². The molecular formula is C21H25N5O3S. The van der Waals surface area contributed by atoms with Crippen LogP contribution < -0.4 is 5.32 Å². The van der Waals surface area contributed by atoms with E-state index in [4.69, 9.17) is 0 Å². The Morgan fingerprint density at radius 3 is 2.77 bits per heavy atom. The lowest BCUT2D eigenvalue weighted by Gasteiger charge is -2.07. The van der Waals surface area contributed by atoms with E-state index < -0.39 is 5.97 Å². The third-order valence-electron chi connectivity index (χ3n) is 4.73. The number of hydrogen-bond acceptors (Lipinski definition) is 6. The SMILES string of the molecule is O=C(CCc1ccccc1C(=O)O)NCCCCCCn1cc(-c2cncs2)nn1. The summed E-state index contributed by atoms with van der Waals surface area (Å²) in [5.74, 6) is -1.01. The molecule has 0 aliphatic heterocycles. The minimum absolute atomic E-state index is 0.0478. The largest absolute Gasteiger partial charge is 0.478 e. The summed E-state index contributed by atoms with van der Waals surface area (Å²) < 4.78 is 1.85. The first-order valence-corrected chi connectivity index (χ1v) is 10.9. The van der Waals surface area contributed by atoms with Crippen LogP contribution >= 0.6 is 11.3 Å². The molecule has 1 amide bonds. The average Bonchev–Trinajstić information content (AvgIpc) is 3.43. The molecule has 2 aromatic heterocycles. The van der Waals surface area contributed by atoms with Crippen molar-refractivity contribution in [2.45, 2.75) is 45.1 Å². The summed E-state index contributed by atoms with van der Waals surface area (Å²) in [6.07, 6.45) is 8.45. The second kappa shape index (κ2) is 11.2. The van der Waals surface area contributed by atoms with Crippen LogP contribution in [-0.2, 0) is 17.8 Å². The Bertz CT molecular complexity index is 955. The highest BCUT2D eigenvalue weighted by Gasteiger charge is 2.10. The zero-order valence-corrected chi connectivity index (χ0v) is 17.5. The molecule has 0 saturated carbocycles. The molecule has 0 unspecified atom stereocenters. The Kier molecular flexibility index (Phi) is 8.08. The standard InChI is InChI=1S/C21H25N5O3S/c27-20(10-9-16-7-3-4-8-17(16)21(28)29)23-11-5-1-2-6-12-26-14-18(24-25-26)19-13-22-15-30-19/h3-4,7-8,13-15H,1-2,5-6,9-12H2,(H,23,27)(H,28,29). The maximum Gasteiger partial charge on any atom is 0.335 e. The molecule has 158 valence electrons. The number of hydrogen-bond donors (Lipinski definition) is 2. The zero-order valence-electron chi connectivity index (χ0n) is 16.7. The van der Waals surface area contributed by atoms with E-state index in [9.17, 15) is 14.7 Å². The van der Waals surface area contributed by atoms with Gasteiger partial charge in [-0.3, -0.25) is 14.5 Å². The molecule has 0 spiro atoms. The van der Waals surface area contributed by atoms with Gasteiger partial charge < -0.3 is 10.4 Å². The molecule has 0 bridgehead atoms. The first kappa shape index (κ1) is 21.6. The lowest BCUT2D eigenvalue weighted by atomic mass is 10.0. The number of aromatic carboxylic acids is 1. The molecule has 0 fully saturated rings. The number of nitrogens with zero attached hydrogens (tertiary/aromatic N) is 4. The summed E-state index contributed by atoms with van der Waals surface area (Å²) in [5, 5.41) is 20.4. The van der Waals surface area contributed by atoms with E-state index in [-0.39, 0.29) is 11.5 Å². The quantitative estimate of drug-likeness (QED) is 0.429. The van der Waals surface area contributed by atoms with E-state index >= 15 is 0 Å². The van der Waals surface area contributed by atoms with E-state index in [1.54, 1.807) is 47.3 Å². The number of benzene rings is 1. The van der Waals surface area contributed by atoms with Gasteiger partial charge in [0.1, 0.15) is 5.69 Å². The van der Waals surface area contributed by atoms with E-state index in [1.807, 2.05) is 10.9 Å². The highest BCUT2D eigenvalue weighted by atomic mass is 32.1. The minimum Gasteiger partial charge on any atom is -0.478 e. The first-order chi connectivity index (χ1) is 14.6. The highest BCUT2D eigenvalue weighted by molar-refractivity contribution is 7.13. The normalized spacial score (nSPS) is 10.8. The van der Waals surface area contributed by atoms with Crippen molar-refractivity contribution in [3.05, 3.63) is 53.3 Å². The Labute approximate surface area is 179 Å². The monoisotopic (exact) mass is 427 g/mol. The summed E-state index contributed by atoms with van der Waals surface area (Å²) in [7, 11) is 0. The van der Waals surface area contributed by atoms with Gasteiger partial charge >= 0.3 is 5.97 Å². The molecule has 2 heterocycles. The Hall–Kier alpha value is -3.07. The minimum atomic E-state index is -0.961. The Balaban J connectivity index is 1.25. The summed E-state index contributed by atoms with van der Waals surface area (Å²) in [6.45, 7) is 1.46. The van der Waals surface area contributed by atoms with Crippen LogP contribution in [0.2, 0.25) is 0 Å². The van der Waals surface area contributed by atoms with Crippen molar-refractivity contribution in [1.29, 1.82) is 0 Å². The van der Waals surface area contributed by atoms with E-state index in [0.29, 0.717) is 24.9 Å². The van der Waals surface area contributed by atoms with Gasteiger partial charge in [-0.25, -0.2) is 4.79 Å². The molecule has 8 nitrogen and oxygen atoms in total. The van der Waals surface area contributed by atoms with Crippen LogP contribution in [-0.4, -0.2) is 43.5 Å². The van der Waals surface area contributed by atoms with E-state index in [1.165, 1.54) is 0 Å². The molecular weight excluding hydrogens is 402 g/mol. The number of thiazole rings is 1. The van der Waals surface area contributed by atoms with E-state index in [0.717, 1.165) is 42.8 Å². The van der Waals surface area contributed by atoms with Crippen molar-refractivity contribution < 1.29 is 14.7 Å². The average molecular weight is 428 g/mol. The Morgan fingerprint density at radius 2 is 1.97 bits per heavy atom. The number of aryl methyl sites for hydroxylation is 2. The molecule has 9 heteroatoms. The smallest absolute Gasteiger partial charge is 0.335 e. The summed E-state index contributed by atoms with van der Waals surface area (Å²) >= 11 is 1.55. The number of carboxylic acid groups (broad SMARTS) is 1. The molecule has 2 N–H and O–H groups in total. The number of unbranched alkanes of at least 4 members (excludes halogenated alkanes) is 3. The van der Waals surface area contributed by atoms with Gasteiger partial charge in [-0.05, 0) is 30.9 Å². The van der Waals surface area contributed by atoms with Gasteiger partial charge in [0.05, 0.1) is 22.1 Å². The number of nitrogens with one attached hydrogen (secondary N) is 1. The molecule has 0 saturated heterocycles. The molecule has 3 aromatic rings. The van der Waals surface area contributed by atoms with Crippen LogP contribution in [0.3, 0.4) is 0 Å². The molecule has 30 heavy (non-hydrogen) atoms. The van der Waals surface area contributed by atoms with Crippen molar-refractivity contribution in [2.75, 3.05) is 6.54 Å². The molecule has 0 radical (unpaired) electrons. The lowest BCUT2D eigenvalue weighted by molar-refractivity contribution is -0.121. The van der Waals surface area contributed by atoms with Crippen molar-refractivity contribution in [1.82, 2.24) is 25.3 Å². The van der Waals surface area contributed by atoms with Crippen molar-refractivity contribution in [2.24, 2.45) is 0 Å².